The Morgan fingerprint density at radius 2 is 2.20 bits per heavy atom. The molecule has 1 heterocycles. The highest BCUT2D eigenvalue weighted by molar-refractivity contribution is 5.75. The number of rotatable bonds is 4. The molecule has 0 aliphatic carbocycles. The number of nitrogens with zero attached hydrogens (tertiary/aromatic N) is 2. The van der Waals surface area contributed by atoms with Gasteiger partial charge in [-0.3, -0.25) is 9.69 Å². The lowest BCUT2D eigenvalue weighted by molar-refractivity contribution is -0.148. The monoisotopic (exact) mass is 214 g/mol. The number of hydrogen-bond donors (Lipinski definition) is 0. The van der Waals surface area contributed by atoms with Crippen LogP contribution in [-0.2, 0) is 9.53 Å². The highest BCUT2D eigenvalue weighted by Gasteiger charge is 2.28. The molecule has 0 aromatic carbocycles. The van der Waals surface area contributed by atoms with Crippen molar-refractivity contribution in [2.45, 2.75) is 25.3 Å². The van der Waals surface area contributed by atoms with Gasteiger partial charge in [-0.2, -0.15) is 0 Å². The van der Waals surface area contributed by atoms with Crippen molar-refractivity contribution in [2.24, 2.45) is 0 Å². The van der Waals surface area contributed by atoms with Crippen LogP contribution in [0, 0.1) is 0 Å². The van der Waals surface area contributed by atoms with Gasteiger partial charge in [-0.15, -0.1) is 0 Å². The summed E-state index contributed by atoms with van der Waals surface area (Å²) >= 11 is 0. The fourth-order valence-electron chi connectivity index (χ4n) is 1.99. The van der Waals surface area contributed by atoms with Crippen LogP contribution >= 0.6 is 0 Å². The normalized spacial score (nSPS) is 23.1. The van der Waals surface area contributed by atoms with Crippen LogP contribution in [0.15, 0.2) is 0 Å². The number of ether oxygens (including phenoxy) is 1. The lowest BCUT2D eigenvalue weighted by atomic mass is 10.0. The Balaban J connectivity index is 2.46. The molecule has 0 aromatic heterocycles. The summed E-state index contributed by atoms with van der Waals surface area (Å²) in [6.45, 7) is 2.97. The van der Waals surface area contributed by atoms with Gasteiger partial charge in [-0.05, 0) is 33.5 Å². The molecule has 0 amide bonds. The topological polar surface area (TPSA) is 32.8 Å². The number of likely N-dealkylation sites (tertiary alicyclic amines) is 1. The van der Waals surface area contributed by atoms with Crippen LogP contribution in [0.1, 0.15) is 19.3 Å². The van der Waals surface area contributed by atoms with Crippen LogP contribution in [0.25, 0.3) is 0 Å². The van der Waals surface area contributed by atoms with Crippen molar-refractivity contribution in [1.29, 1.82) is 0 Å². The molecule has 1 fully saturated rings. The number of carbonyl (C=O) groups is 1. The fraction of sp³-hybridized carbons (Fsp3) is 0.909. The van der Waals surface area contributed by atoms with Gasteiger partial charge >= 0.3 is 5.97 Å². The van der Waals surface area contributed by atoms with Gasteiger partial charge in [0, 0.05) is 13.1 Å². The second-order valence-electron chi connectivity index (χ2n) is 4.37. The first-order chi connectivity index (χ1) is 7.15. The lowest BCUT2D eigenvalue weighted by Gasteiger charge is -2.34. The largest absolute Gasteiger partial charge is 0.468 e. The van der Waals surface area contributed by atoms with Crippen molar-refractivity contribution in [2.75, 3.05) is 40.8 Å². The molecule has 1 aliphatic heterocycles. The van der Waals surface area contributed by atoms with E-state index in [2.05, 4.69) is 23.9 Å². The molecule has 1 atom stereocenters. The van der Waals surface area contributed by atoms with Crippen LogP contribution < -0.4 is 0 Å². The molecule has 0 N–H and O–H groups in total. The standard InChI is InChI=1S/C11H22N2O2/c1-12(2)8-9-13-7-5-4-6-10(13)11(14)15-3/h10H,4-9H2,1-3H3. The molecule has 88 valence electrons. The van der Waals surface area contributed by atoms with E-state index in [4.69, 9.17) is 4.74 Å². The van der Waals surface area contributed by atoms with E-state index >= 15 is 0 Å². The molecule has 0 saturated carbocycles. The third kappa shape index (κ3) is 3.80. The molecule has 0 radical (unpaired) electrons. The van der Waals surface area contributed by atoms with E-state index in [1.54, 1.807) is 0 Å². The minimum atomic E-state index is -0.0755. The predicted molar refractivity (Wildman–Crippen MR) is 59.8 cm³/mol. The van der Waals surface area contributed by atoms with E-state index in [1.807, 2.05) is 0 Å². The minimum absolute atomic E-state index is 0.0105. The Morgan fingerprint density at radius 3 is 2.80 bits per heavy atom. The molecule has 0 spiro atoms. The van der Waals surface area contributed by atoms with Crippen LogP contribution in [0.4, 0.5) is 0 Å². The Kier molecular flexibility index (Phi) is 5.05. The van der Waals surface area contributed by atoms with Crippen molar-refractivity contribution in [3.8, 4) is 0 Å². The number of hydrogen-bond acceptors (Lipinski definition) is 4. The Bertz CT molecular complexity index is 207. The zero-order chi connectivity index (χ0) is 11.3. The van der Waals surface area contributed by atoms with Gasteiger partial charge in [-0.25, -0.2) is 0 Å². The first-order valence-corrected chi connectivity index (χ1v) is 5.61. The molecular formula is C11H22N2O2. The van der Waals surface area contributed by atoms with E-state index in [1.165, 1.54) is 13.5 Å². The van der Waals surface area contributed by atoms with Gasteiger partial charge in [0.25, 0.3) is 0 Å². The Hall–Kier alpha value is -0.610. The minimum Gasteiger partial charge on any atom is -0.468 e. The molecule has 4 nitrogen and oxygen atoms in total. The Morgan fingerprint density at radius 1 is 1.47 bits per heavy atom. The predicted octanol–water partition coefficient (Wildman–Crippen LogP) is 0.575. The van der Waals surface area contributed by atoms with E-state index in [-0.39, 0.29) is 12.0 Å². The van der Waals surface area contributed by atoms with Crippen LogP contribution in [0.3, 0.4) is 0 Å². The molecule has 15 heavy (non-hydrogen) atoms. The number of likely N-dealkylation sites (N-methyl/N-ethyl adjacent to an activating group) is 1. The maximum atomic E-state index is 11.5. The summed E-state index contributed by atoms with van der Waals surface area (Å²) < 4.78 is 4.83. The van der Waals surface area contributed by atoms with Gasteiger partial charge in [0.05, 0.1) is 7.11 Å². The van der Waals surface area contributed by atoms with E-state index < -0.39 is 0 Å². The van der Waals surface area contributed by atoms with Crippen molar-refractivity contribution in [3.05, 3.63) is 0 Å². The van der Waals surface area contributed by atoms with Gasteiger partial charge in [0.15, 0.2) is 0 Å². The number of methoxy groups -OCH3 is 1. The van der Waals surface area contributed by atoms with Gasteiger partial charge in [-0.1, -0.05) is 6.42 Å². The molecule has 1 rings (SSSR count). The smallest absolute Gasteiger partial charge is 0.323 e. The quantitative estimate of drug-likeness (QED) is 0.641. The zero-order valence-electron chi connectivity index (χ0n) is 10.0. The fourth-order valence-corrected chi connectivity index (χ4v) is 1.99. The first-order valence-electron chi connectivity index (χ1n) is 5.61. The molecule has 1 saturated heterocycles. The third-order valence-electron chi connectivity index (χ3n) is 2.92. The SMILES string of the molecule is COC(=O)C1CCCCN1CCN(C)C. The lowest BCUT2D eigenvalue weighted by Crippen LogP contribution is -2.47. The summed E-state index contributed by atoms with van der Waals surface area (Å²) in [5.74, 6) is -0.0755. The first kappa shape index (κ1) is 12.5. The molecule has 4 heteroatoms. The maximum absolute atomic E-state index is 11.5. The molecule has 0 bridgehead atoms. The molecule has 1 aliphatic rings. The summed E-state index contributed by atoms with van der Waals surface area (Å²) in [7, 11) is 5.58. The van der Waals surface area contributed by atoms with Crippen molar-refractivity contribution in [3.63, 3.8) is 0 Å². The summed E-state index contributed by atoms with van der Waals surface area (Å²) in [6, 6.07) is -0.0105. The highest BCUT2D eigenvalue weighted by Crippen LogP contribution is 2.17. The van der Waals surface area contributed by atoms with Crippen LogP contribution in [-0.4, -0.2) is 62.7 Å². The average molecular weight is 214 g/mol. The Labute approximate surface area is 92.2 Å². The van der Waals surface area contributed by atoms with Gasteiger partial charge in [0.2, 0.25) is 0 Å². The summed E-state index contributed by atoms with van der Waals surface area (Å²) in [5, 5.41) is 0. The number of piperidine rings is 1. The molecular weight excluding hydrogens is 192 g/mol. The van der Waals surface area contributed by atoms with Crippen LogP contribution in [0.5, 0.6) is 0 Å². The summed E-state index contributed by atoms with van der Waals surface area (Å²) in [6.07, 6.45) is 3.28. The second-order valence-corrected chi connectivity index (χ2v) is 4.37. The average Bonchev–Trinajstić information content (AvgIpc) is 2.25. The van der Waals surface area contributed by atoms with E-state index in [0.29, 0.717) is 0 Å². The van der Waals surface area contributed by atoms with Crippen LogP contribution in [0.2, 0.25) is 0 Å². The highest BCUT2D eigenvalue weighted by atomic mass is 16.5. The molecule has 0 aromatic rings. The zero-order valence-corrected chi connectivity index (χ0v) is 10.0. The summed E-state index contributed by atoms with van der Waals surface area (Å²) in [4.78, 5) is 15.9. The maximum Gasteiger partial charge on any atom is 0.323 e. The van der Waals surface area contributed by atoms with E-state index in [0.717, 1.165) is 32.5 Å². The summed E-state index contributed by atoms with van der Waals surface area (Å²) in [5.41, 5.74) is 0. The number of esters is 1. The second kappa shape index (κ2) is 6.08. The molecule has 1 unspecified atom stereocenters. The van der Waals surface area contributed by atoms with E-state index in [9.17, 15) is 4.79 Å². The number of carbonyl (C=O) groups excluding carboxylic acids is 1. The van der Waals surface area contributed by atoms with Gasteiger partial charge in [0.1, 0.15) is 6.04 Å². The van der Waals surface area contributed by atoms with Crippen molar-refractivity contribution >= 4 is 5.97 Å². The van der Waals surface area contributed by atoms with Crippen molar-refractivity contribution in [1.82, 2.24) is 9.80 Å². The van der Waals surface area contributed by atoms with Gasteiger partial charge < -0.3 is 9.64 Å². The van der Waals surface area contributed by atoms with Crippen molar-refractivity contribution < 1.29 is 9.53 Å². The third-order valence-corrected chi connectivity index (χ3v) is 2.92.